The van der Waals surface area contributed by atoms with Gasteiger partial charge in [0.1, 0.15) is 18.2 Å². The van der Waals surface area contributed by atoms with Crippen LogP contribution in [0.3, 0.4) is 0 Å². The summed E-state index contributed by atoms with van der Waals surface area (Å²) in [6, 6.07) is 5.78. The number of methoxy groups -OCH3 is 1. The van der Waals surface area contributed by atoms with E-state index in [-0.39, 0.29) is 6.10 Å². The molecule has 1 N–H and O–H groups in total. The van der Waals surface area contributed by atoms with Gasteiger partial charge in [0, 0.05) is 25.9 Å². The molecule has 0 radical (unpaired) electrons. The third kappa shape index (κ3) is 4.97. The van der Waals surface area contributed by atoms with E-state index in [0.717, 1.165) is 16.9 Å². The van der Waals surface area contributed by atoms with Crippen LogP contribution in [0.1, 0.15) is 36.5 Å². The first kappa shape index (κ1) is 21.4. The van der Waals surface area contributed by atoms with Crippen molar-refractivity contribution in [1.29, 1.82) is 0 Å². The molecular formula is C21H26N4O5. The molecule has 0 aliphatic carbocycles. The van der Waals surface area contributed by atoms with E-state index >= 15 is 0 Å². The van der Waals surface area contributed by atoms with Crippen LogP contribution in [0.25, 0.3) is 0 Å². The number of ether oxygens (including phenoxy) is 2. The molecule has 0 unspecified atom stereocenters. The minimum Gasteiger partial charge on any atom is -0.496 e. The molecule has 2 aromatic rings. The minimum absolute atomic E-state index is 0.102. The molecule has 3 rings (SSSR count). The monoisotopic (exact) mass is 414 g/mol. The highest BCUT2D eigenvalue weighted by molar-refractivity contribution is 5.98. The predicted octanol–water partition coefficient (Wildman–Crippen LogP) is 3.43. The van der Waals surface area contributed by atoms with E-state index < -0.39 is 6.09 Å². The zero-order chi connectivity index (χ0) is 21.7. The van der Waals surface area contributed by atoms with Crippen molar-refractivity contribution in [2.45, 2.75) is 39.7 Å². The molecule has 2 heterocycles. The van der Waals surface area contributed by atoms with Gasteiger partial charge in [0.15, 0.2) is 0 Å². The first-order valence-corrected chi connectivity index (χ1v) is 9.71. The normalized spacial score (nSPS) is 15.1. The molecule has 30 heavy (non-hydrogen) atoms. The van der Waals surface area contributed by atoms with Crippen LogP contribution in [0.5, 0.6) is 17.5 Å². The van der Waals surface area contributed by atoms with E-state index in [1.807, 2.05) is 32.0 Å². The Bertz CT molecular complexity index is 939. The number of oxime groups is 1. The van der Waals surface area contributed by atoms with Crippen molar-refractivity contribution in [2.24, 2.45) is 5.16 Å². The van der Waals surface area contributed by atoms with Gasteiger partial charge in [-0.15, -0.1) is 0 Å². The Morgan fingerprint density at radius 2 is 1.90 bits per heavy atom. The van der Waals surface area contributed by atoms with Crippen LogP contribution in [-0.2, 0) is 0 Å². The van der Waals surface area contributed by atoms with E-state index in [0.29, 0.717) is 49.0 Å². The fourth-order valence-electron chi connectivity index (χ4n) is 3.22. The number of amides is 1. The highest BCUT2D eigenvalue weighted by atomic mass is 16.6. The van der Waals surface area contributed by atoms with Gasteiger partial charge in [-0.25, -0.2) is 9.78 Å². The van der Waals surface area contributed by atoms with Gasteiger partial charge in [-0.3, -0.25) is 0 Å². The lowest BCUT2D eigenvalue weighted by Gasteiger charge is -2.30. The Balaban J connectivity index is 1.67. The van der Waals surface area contributed by atoms with E-state index in [1.165, 1.54) is 11.2 Å². The molecule has 1 amide bonds. The highest BCUT2D eigenvalue weighted by Crippen LogP contribution is 2.26. The second-order valence-electron chi connectivity index (χ2n) is 7.15. The Kier molecular flexibility index (Phi) is 6.71. The summed E-state index contributed by atoms with van der Waals surface area (Å²) in [5.74, 6) is 1.55. The summed E-state index contributed by atoms with van der Waals surface area (Å²) in [4.78, 5) is 26.3. The summed E-state index contributed by atoms with van der Waals surface area (Å²) in [5.41, 5.74) is 3.26. The average molecular weight is 414 g/mol. The van der Waals surface area contributed by atoms with Gasteiger partial charge in [0.25, 0.3) is 5.88 Å². The maximum Gasteiger partial charge on any atom is 0.407 e. The second-order valence-corrected chi connectivity index (χ2v) is 7.15. The molecule has 1 aromatic carbocycles. The molecule has 0 saturated carbocycles. The molecule has 9 nitrogen and oxygen atoms in total. The number of rotatable bonds is 6. The predicted molar refractivity (Wildman–Crippen MR) is 111 cm³/mol. The standard InChI is InChI=1S/C21H26N4O5/c1-13-11-16(5-6-18(13)28-4)15(3)24-30-20-14(2)19(22-12-23-20)29-17-7-9-25(10-8-17)21(26)27/h5-6,11-12,17H,7-10H2,1-4H3,(H,26,27). The fourth-order valence-corrected chi connectivity index (χ4v) is 3.22. The molecule has 0 spiro atoms. The first-order valence-electron chi connectivity index (χ1n) is 9.71. The van der Waals surface area contributed by atoms with E-state index in [2.05, 4.69) is 15.1 Å². The van der Waals surface area contributed by atoms with Crippen LogP contribution in [0.4, 0.5) is 4.79 Å². The van der Waals surface area contributed by atoms with Crippen LogP contribution in [0.15, 0.2) is 29.7 Å². The molecule has 9 heteroatoms. The molecule has 1 saturated heterocycles. The zero-order valence-corrected chi connectivity index (χ0v) is 17.6. The number of aromatic nitrogens is 2. The second kappa shape index (κ2) is 9.43. The number of hydrogen-bond donors (Lipinski definition) is 1. The van der Waals surface area contributed by atoms with Crippen LogP contribution < -0.4 is 14.3 Å². The van der Waals surface area contributed by atoms with Crippen molar-refractivity contribution in [3.63, 3.8) is 0 Å². The summed E-state index contributed by atoms with van der Waals surface area (Å²) < 4.78 is 11.3. The van der Waals surface area contributed by atoms with Crippen LogP contribution >= 0.6 is 0 Å². The Morgan fingerprint density at radius 3 is 2.53 bits per heavy atom. The van der Waals surface area contributed by atoms with Crippen molar-refractivity contribution < 1.29 is 24.2 Å². The lowest BCUT2D eigenvalue weighted by atomic mass is 10.1. The smallest absolute Gasteiger partial charge is 0.407 e. The van der Waals surface area contributed by atoms with Gasteiger partial charge < -0.3 is 24.3 Å². The van der Waals surface area contributed by atoms with Gasteiger partial charge in [-0.2, -0.15) is 4.98 Å². The zero-order valence-electron chi connectivity index (χ0n) is 17.6. The number of carbonyl (C=O) groups is 1. The lowest BCUT2D eigenvalue weighted by molar-refractivity contribution is 0.0863. The summed E-state index contributed by atoms with van der Waals surface area (Å²) in [6.07, 6.45) is 1.59. The van der Waals surface area contributed by atoms with Gasteiger partial charge in [0.05, 0.1) is 18.4 Å². The van der Waals surface area contributed by atoms with Crippen LogP contribution in [0.2, 0.25) is 0 Å². The minimum atomic E-state index is -0.900. The van der Waals surface area contributed by atoms with Crippen molar-refractivity contribution in [1.82, 2.24) is 14.9 Å². The van der Waals surface area contributed by atoms with Crippen LogP contribution in [-0.4, -0.2) is 58.1 Å². The number of piperidine rings is 1. The Morgan fingerprint density at radius 1 is 1.20 bits per heavy atom. The largest absolute Gasteiger partial charge is 0.496 e. The quantitative estimate of drug-likeness (QED) is 0.570. The number of likely N-dealkylation sites (tertiary alicyclic amines) is 1. The van der Waals surface area contributed by atoms with Crippen molar-refractivity contribution in [3.8, 4) is 17.5 Å². The van der Waals surface area contributed by atoms with Gasteiger partial charge in [0.2, 0.25) is 5.88 Å². The Hall–Kier alpha value is -3.36. The molecule has 1 fully saturated rings. The maximum absolute atomic E-state index is 11.0. The number of nitrogens with zero attached hydrogens (tertiary/aromatic N) is 4. The maximum atomic E-state index is 11.0. The third-order valence-electron chi connectivity index (χ3n) is 5.06. The van der Waals surface area contributed by atoms with Crippen molar-refractivity contribution in [3.05, 3.63) is 41.2 Å². The summed E-state index contributed by atoms with van der Waals surface area (Å²) >= 11 is 0. The molecule has 1 aromatic heterocycles. The molecule has 1 aliphatic rings. The molecule has 0 atom stereocenters. The summed E-state index contributed by atoms with van der Waals surface area (Å²) in [6.45, 7) is 6.51. The van der Waals surface area contributed by atoms with E-state index in [9.17, 15) is 4.79 Å². The molecule has 160 valence electrons. The number of benzene rings is 1. The summed E-state index contributed by atoms with van der Waals surface area (Å²) in [7, 11) is 1.64. The average Bonchev–Trinajstić information content (AvgIpc) is 2.74. The molecule has 0 bridgehead atoms. The van der Waals surface area contributed by atoms with Crippen LogP contribution in [0, 0.1) is 13.8 Å². The van der Waals surface area contributed by atoms with Gasteiger partial charge in [-0.1, -0.05) is 5.16 Å². The van der Waals surface area contributed by atoms with Gasteiger partial charge in [-0.05, 0) is 50.1 Å². The molecular weight excluding hydrogens is 388 g/mol. The third-order valence-corrected chi connectivity index (χ3v) is 5.06. The van der Waals surface area contributed by atoms with Crippen molar-refractivity contribution in [2.75, 3.05) is 20.2 Å². The topological polar surface area (TPSA) is 106 Å². The van der Waals surface area contributed by atoms with Crippen molar-refractivity contribution >= 4 is 11.8 Å². The fraction of sp³-hybridized carbons (Fsp3) is 0.429. The number of carboxylic acid groups (broad SMARTS) is 1. The Labute approximate surface area is 175 Å². The van der Waals surface area contributed by atoms with Gasteiger partial charge >= 0.3 is 6.09 Å². The SMILES string of the molecule is COc1ccc(C(C)=NOc2ncnc(OC3CCN(C(=O)O)CC3)c2C)cc1C. The lowest BCUT2D eigenvalue weighted by Crippen LogP contribution is -2.41. The number of aryl methyl sites for hydroxylation is 1. The first-order chi connectivity index (χ1) is 14.4. The highest BCUT2D eigenvalue weighted by Gasteiger charge is 2.24. The van der Waals surface area contributed by atoms with E-state index in [4.69, 9.17) is 19.4 Å². The summed E-state index contributed by atoms with van der Waals surface area (Å²) in [5, 5.41) is 13.2. The molecule has 1 aliphatic heterocycles. The van der Waals surface area contributed by atoms with E-state index in [1.54, 1.807) is 14.0 Å². The number of hydrogen-bond acceptors (Lipinski definition) is 7.